The Morgan fingerprint density at radius 2 is 1.67 bits per heavy atom. The second-order valence-electron chi connectivity index (χ2n) is 4.67. The van der Waals surface area contributed by atoms with Gasteiger partial charge >= 0.3 is 6.18 Å². The van der Waals surface area contributed by atoms with Crippen molar-refractivity contribution < 1.29 is 17.6 Å². The summed E-state index contributed by atoms with van der Waals surface area (Å²) in [7, 11) is 0. The maximum atomic E-state index is 14.0. The van der Waals surface area contributed by atoms with Crippen LogP contribution in [0.3, 0.4) is 0 Å². The third-order valence-electron chi connectivity index (χ3n) is 3.14. The van der Waals surface area contributed by atoms with Crippen LogP contribution in [0.4, 0.5) is 17.6 Å². The molecule has 2 aromatic rings. The largest absolute Gasteiger partial charge is 0.416 e. The first-order valence-electron chi connectivity index (χ1n) is 6.58. The third kappa shape index (κ3) is 3.82. The highest BCUT2D eigenvalue weighted by atomic mass is 19.4. The van der Waals surface area contributed by atoms with Gasteiger partial charge in [0.2, 0.25) is 0 Å². The average Bonchev–Trinajstić information content (AvgIpc) is 2.44. The predicted molar refractivity (Wildman–Crippen MR) is 74.2 cm³/mol. The second-order valence-corrected chi connectivity index (χ2v) is 4.67. The number of rotatable bonds is 4. The first kappa shape index (κ1) is 15.5. The smallest absolute Gasteiger partial charge is 0.313 e. The van der Waals surface area contributed by atoms with Crippen molar-refractivity contribution in [3.8, 4) is 11.1 Å². The van der Waals surface area contributed by atoms with E-state index in [0.29, 0.717) is 17.7 Å². The second kappa shape index (κ2) is 6.26. The Morgan fingerprint density at radius 1 is 1.00 bits per heavy atom. The molecule has 0 amide bonds. The van der Waals surface area contributed by atoms with E-state index in [4.69, 9.17) is 0 Å². The van der Waals surface area contributed by atoms with Crippen molar-refractivity contribution in [3.63, 3.8) is 0 Å². The van der Waals surface area contributed by atoms with Crippen molar-refractivity contribution in [3.05, 3.63) is 59.4 Å². The van der Waals surface area contributed by atoms with Gasteiger partial charge in [0.1, 0.15) is 5.82 Å². The molecule has 0 saturated heterocycles. The Kier molecular flexibility index (Phi) is 4.63. The number of alkyl halides is 3. The molecule has 0 aliphatic carbocycles. The molecule has 5 heteroatoms. The highest BCUT2D eigenvalue weighted by Crippen LogP contribution is 2.31. The third-order valence-corrected chi connectivity index (χ3v) is 3.14. The summed E-state index contributed by atoms with van der Waals surface area (Å²) < 4.78 is 51.5. The van der Waals surface area contributed by atoms with Crippen LogP contribution in [0.5, 0.6) is 0 Å². The Hall–Kier alpha value is -1.88. The van der Waals surface area contributed by atoms with Crippen LogP contribution in [-0.2, 0) is 12.7 Å². The van der Waals surface area contributed by atoms with Crippen LogP contribution in [0.15, 0.2) is 42.5 Å². The van der Waals surface area contributed by atoms with E-state index in [0.717, 1.165) is 24.2 Å². The van der Waals surface area contributed by atoms with Crippen LogP contribution >= 0.6 is 0 Å². The molecular weight excluding hydrogens is 282 g/mol. The molecule has 112 valence electrons. The Labute approximate surface area is 120 Å². The van der Waals surface area contributed by atoms with Gasteiger partial charge in [-0.2, -0.15) is 13.2 Å². The van der Waals surface area contributed by atoms with Crippen molar-refractivity contribution in [2.75, 3.05) is 6.54 Å². The fourth-order valence-corrected chi connectivity index (χ4v) is 2.01. The van der Waals surface area contributed by atoms with Crippen molar-refractivity contribution in [2.24, 2.45) is 0 Å². The summed E-state index contributed by atoms with van der Waals surface area (Å²) in [6.07, 6.45) is -4.38. The van der Waals surface area contributed by atoms with Gasteiger partial charge in [-0.15, -0.1) is 0 Å². The Balaban J connectivity index is 2.26. The summed E-state index contributed by atoms with van der Waals surface area (Å²) in [6, 6.07) is 9.23. The van der Waals surface area contributed by atoms with Gasteiger partial charge in [0.05, 0.1) is 5.56 Å². The van der Waals surface area contributed by atoms with Crippen LogP contribution in [0.1, 0.15) is 18.1 Å². The van der Waals surface area contributed by atoms with E-state index in [1.54, 1.807) is 12.1 Å². The van der Waals surface area contributed by atoms with Gasteiger partial charge in [0, 0.05) is 12.1 Å². The van der Waals surface area contributed by atoms with E-state index in [9.17, 15) is 17.6 Å². The number of hydrogen-bond donors (Lipinski definition) is 1. The average molecular weight is 297 g/mol. The lowest BCUT2D eigenvalue weighted by Crippen LogP contribution is -2.11. The van der Waals surface area contributed by atoms with E-state index in [1.807, 2.05) is 6.92 Å². The monoisotopic (exact) mass is 297 g/mol. The van der Waals surface area contributed by atoms with Crippen LogP contribution in [0, 0.1) is 5.82 Å². The number of nitrogens with one attached hydrogen (secondary N) is 1. The van der Waals surface area contributed by atoms with Crippen molar-refractivity contribution >= 4 is 0 Å². The number of benzene rings is 2. The van der Waals surface area contributed by atoms with Crippen molar-refractivity contribution in [1.82, 2.24) is 5.32 Å². The summed E-state index contributed by atoms with van der Waals surface area (Å²) in [6.45, 7) is 3.29. The van der Waals surface area contributed by atoms with E-state index < -0.39 is 17.6 Å². The van der Waals surface area contributed by atoms with Gasteiger partial charge in [-0.25, -0.2) is 4.39 Å². The predicted octanol–water partition coefficient (Wildman–Crippen LogP) is 4.62. The van der Waals surface area contributed by atoms with Crippen molar-refractivity contribution in [1.29, 1.82) is 0 Å². The van der Waals surface area contributed by atoms with Gasteiger partial charge in [-0.1, -0.05) is 31.2 Å². The molecule has 1 nitrogen and oxygen atoms in total. The molecule has 0 fully saturated rings. The highest BCUT2D eigenvalue weighted by Gasteiger charge is 2.30. The molecule has 0 radical (unpaired) electrons. The highest BCUT2D eigenvalue weighted by molar-refractivity contribution is 5.64. The molecule has 0 aliphatic rings. The lowest BCUT2D eigenvalue weighted by molar-refractivity contribution is -0.137. The minimum absolute atomic E-state index is 0.295. The van der Waals surface area contributed by atoms with Crippen molar-refractivity contribution in [2.45, 2.75) is 19.6 Å². The van der Waals surface area contributed by atoms with Gasteiger partial charge in [0.15, 0.2) is 0 Å². The normalized spacial score (nSPS) is 11.7. The molecule has 0 unspecified atom stereocenters. The maximum Gasteiger partial charge on any atom is 0.416 e. The minimum Gasteiger partial charge on any atom is -0.313 e. The van der Waals surface area contributed by atoms with E-state index in [2.05, 4.69) is 5.32 Å². The summed E-state index contributed by atoms with van der Waals surface area (Å²) in [5.41, 5.74) is 0.778. The molecule has 2 aromatic carbocycles. The molecule has 0 saturated carbocycles. The fourth-order valence-electron chi connectivity index (χ4n) is 2.01. The molecular formula is C16H15F4N. The first-order chi connectivity index (χ1) is 9.91. The fraction of sp³-hybridized carbons (Fsp3) is 0.250. The van der Waals surface area contributed by atoms with E-state index in [1.165, 1.54) is 18.2 Å². The molecule has 0 spiro atoms. The quantitative estimate of drug-likeness (QED) is 0.812. The number of halogens is 4. The molecule has 0 heterocycles. The molecule has 0 atom stereocenters. The molecule has 0 aliphatic heterocycles. The van der Waals surface area contributed by atoms with Crippen LogP contribution in [0.25, 0.3) is 11.1 Å². The summed E-state index contributed by atoms with van der Waals surface area (Å²) in [4.78, 5) is 0. The van der Waals surface area contributed by atoms with Crippen LogP contribution in [0.2, 0.25) is 0 Å². The molecule has 21 heavy (non-hydrogen) atoms. The summed E-state index contributed by atoms with van der Waals surface area (Å²) in [5, 5.41) is 3.08. The van der Waals surface area contributed by atoms with Crippen LogP contribution in [-0.4, -0.2) is 6.54 Å². The zero-order chi connectivity index (χ0) is 15.5. The Bertz CT molecular complexity index is 603. The van der Waals surface area contributed by atoms with Crippen LogP contribution < -0.4 is 5.32 Å². The first-order valence-corrected chi connectivity index (χ1v) is 6.58. The number of hydrogen-bond acceptors (Lipinski definition) is 1. The van der Waals surface area contributed by atoms with E-state index in [-0.39, 0.29) is 0 Å². The standard InChI is InChI=1S/C16H15F4N/c1-2-21-10-11-3-8-14(15(17)9-11)12-4-6-13(7-5-12)16(18,19)20/h3-9,21H,2,10H2,1H3. The van der Waals surface area contributed by atoms with Gasteiger partial charge < -0.3 is 5.32 Å². The lowest BCUT2D eigenvalue weighted by Gasteiger charge is -2.09. The molecule has 0 aromatic heterocycles. The Morgan fingerprint density at radius 3 is 2.19 bits per heavy atom. The van der Waals surface area contributed by atoms with Gasteiger partial charge in [-0.3, -0.25) is 0 Å². The SMILES string of the molecule is CCNCc1ccc(-c2ccc(C(F)(F)F)cc2)c(F)c1. The lowest BCUT2D eigenvalue weighted by atomic mass is 10.0. The zero-order valence-corrected chi connectivity index (χ0v) is 11.5. The molecule has 1 N–H and O–H groups in total. The van der Waals surface area contributed by atoms with Gasteiger partial charge in [0.25, 0.3) is 0 Å². The summed E-state index contributed by atoms with van der Waals surface area (Å²) >= 11 is 0. The topological polar surface area (TPSA) is 12.0 Å². The van der Waals surface area contributed by atoms with E-state index >= 15 is 0 Å². The maximum absolute atomic E-state index is 14.0. The van der Waals surface area contributed by atoms with Gasteiger partial charge in [-0.05, 0) is 35.9 Å². The molecule has 2 rings (SSSR count). The summed E-state index contributed by atoms with van der Waals surface area (Å²) in [5.74, 6) is -0.440. The molecule has 0 bridgehead atoms. The minimum atomic E-state index is -4.38. The zero-order valence-electron chi connectivity index (χ0n) is 11.5.